The lowest BCUT2D eigenvalue weighted by Gasteiger charge is -2.21. The van der Waals surface area contributed by atoms with Gasteiger partial charge in [-0.15, -0.1) is 0 Å². The first-order valence-corrected chi connectivity index (χ1v) is 10.5. The highest BCUT2D eigenvalue weighted by Crippen LogP contribution is 2.29. The van der Waals surface area contributed by atoms with E-state index in [9.17, 15) is 14.4 Å². The molecule has 0 aliphatic carbocycles. The summed E-state index contributed by atoms with van der Waals surface area (Å²) < 4.78 is 8.70. The summed E-state index contributed by atoms with van der Waals surface area (Å²) in [4.78, 5) is 48.8. The number of fused-ring (bicyclic) bond motifs is 1. The molecule has 0 aliphatic heterocycles. The minimum absolute atomic E-state index is 0.168. The molecule has 1 aromatic carbocycles. The Morgan fingerprint density at radius 3 is 2.73 bits per heavy atom. The van der Waals surface area contributed by atoms with Crippen LogP contribution in [-0.2, 0) is 13.6 Å². The molecular weight excluding hydrogens is 424 g/mol. The lowest BCUT2D eigenvalue weighted by Crippen LogP contribution is -2.33. The molecule has 0 aliphatic rings. The van der Waals surface area contributed by atoms with Gasteiger partial charge in [-0.3, -0.25) is 19.1 Å². The minimum atomic E-state index is -0.614. The third kappa shape index (κ3) is 4.14. The third-order valence-corrected chi connectivity index (χ3v) is 5.38. The van der Waals surface area contributed by atoms with Crippen molar-refractivity contribution in [3.8, 4) is 5.75 Å². The number of amides is 1. The number of hydrogen-bond acceptors (Lipinski definition) is 6. The number of H-pyrrole nitrogens is 1. The predicted molar refractivity (Wildman–Crippen MR) is 122 cm³/mol. The molecule has 33 heavy (non-hydrogen) atoms. The molecule has 10 heteroatoms. The Bertz CT molecular complexity index is 1430. The van der Waals surface area contributed by atoms with Crippen LogP contribution in [0.1, 0.15) is 41.1 Å². The zero-order valence-corrected chi connectivity index (χ0v) is 18.5. The summed E-state index contributed by atoms with van der Waals surface area (Å²) in [5, 5.41) is 3.15. The summed E-state index contributed by atoms with van der Waals surface area (Å²) in [6.07, 6.45) is 5.48. The number of carbonyl (C=O) groups is 1. The minimum Gasteiger partial charge on any atom is -0.496 e. The van der Waals surface area contributed by atoms with Gasteiger partial charge in [0.05, 0.1) is 18.1 Å². The van der Waals surface area contributed by atoms with Crippen LogP contribution >= 0.6 is 0 Å². The fourth-order valence-electron chi connectivity index (χ4n) is 3.78. The van der Waals surface area contributed by atoms with E-state index in [1.54, 1.807) is 19.5 Å². The van der Waals surface area contributed by atoms with Crippen LogP contribution in [0.3, 0.4) is 0 Å². The summed E-state index contributed by atoms with van der Waals surface area (Å²) in [6, 6.07) is 8.18. The maximum Gasteiger partial charge on any atom is 0.329 e. The lowest BCUT2D eigenvalue weighted by atomic mass is 10.0. The number of aromatic amines is 1. The zero-order chi connectivity index (χ0) is 23.5. The molecule has 4 aromatic rings. The highest BCUT2D eigenvalue weighted by atomic mass is 16.5. The molecule has 0 spiro atoms. The van der Waals surface area contributed by atoms with Gasteiger partial charge in [0.1, 0.15) is 23.3 Å². The first-order chi connectivity index (χ1) is 15.9. The van der Waals surface area contributed by atoms with Crippen molar-refractivity contribution in [3.63, 3.8) is 0 Å². The van der Waals surface area contributed by atoms with Crippen LogP contribution < -0.4 is 21.3 Å². The molecule has 1 unspecified atom stereocenters. The van der Waals surface area contributed by atoms with Crippen LogP contribution in [0.4, 0.5) is 0 Å². The van der Waals surface area contributed by atoms with E-state index in [1.165, 1.54) is 16.8 Å². The smallest absolute Gasteiger partial charge is 0.329 e. The zero-order valence-electron chi connectivity index (χ0n) is 18.5. The number of para-hydroxylation sites is 1. The Morgan fingerprint density at radius 1 is 1.24 bits per heavy atom. The molecule has 2 N–H and O–H groups in total. The number of aryl methyl sites for hydroxylation is 2. The average molecular weight is 448 g/mol. The number of ether oxygens (including phenoxy) is 1. The third-order valence-electron chi connectivity index (χ3n) is 5.38. The Balaban J connectivity index is 1.77. The molecule has 3 aromatic heterocycles. The number of methoxy groups -OCH3 is 1. The predicted octanol–water partition coefficient (Wildman–Crippen LogP) is 1.76. The van der Waals surface area contributed by atoms with Gasteiger partial charge in [-0.1, -0.05) is 25.1 Å². The SMILES string of the molecule is CCCn1c(=O)[nH]c(=O)c2cc(C(=O)NC(c3ccccc3OC)c3nccn3C)cnc21. The van der Waals surface area contributed by atoms with E-state index in [1.807, 2.05) is 42.8 Å². The van der Waals surface area contributed by atoms with Crippen molar-refractivity contribution in [2.45, 2.75) is 25.9 Å². The van der Waals surface area contributed by atoms with Crippen LogP contribution in [0.5, 0.6) is 5.75 Å². The van der Waals surface area contributed by atoms with Crippen LogP contribution in [0, 0.1) is 0 Å². The molecule has 3 heterocycles. The van der Waals surface area contributed by atoms with Gasteiger partial charge in [0.25, 0.3) is 11.5 Å². The molecule has 0 fully saturated rings. The number of pyridine rings is 1. The van der Waals surface area contributed by atoms with E-state index in [0.29, 0.717) is 24.5 Å². The van der Waals surface area contributed by atoms with Gasteiger partial charge >= 0.3 is 5.69 Å². The number of nitrogens with zero attached hydrogens (tertiary/aromatic N) is 4. The molecule has 0 radical (unpaired) electrons. The molecule has 0 saturated carbocycles. The van der Waals surface area contributed by atoms with Crippen molar-refractivity contribution >= 4 is 16.9 Å². The molecule has 0 saturated heterocycles. The molecule has 0 bridgehead atoms. The van der Waals surface area contributed by atoms with Gasteiger partial charge in [-0.2, -0.15) is 0 Å². The van der Waals surface area contributed by atoms with Gasteiger partial charge in [0.15, 0.2) is 0 Å². The largest absolute Gasteiger partial charge is 0.496 e. The van der Waals surface area contributed by atoms with Gasteiger partial charge in [-0.25, -0.2) is 14.8 Å². The van der Waals surface area contributed by atoms with E-state index < -0.39 is 23.2 Å². The van der Waals surface area contributed by atoms with Crippen LogP contribution in [0.25, 0.3) is 11.0 Å². The molecule has 4 rings (SSSR count). The van der Waals surface area contributed by atoms with Gasteiger partial charge < -0.3 is 14.6 Å². The molecular formula is C23H24N6O4. The number of rotatable bonds is 7. The average Bonchev–Trinajstić information content (AvgIpc) is 3.25. The summed E-state index contributed by atoms with van der Waals surface area (Å²) in [5.41, 5.74) is 0.0438. The number of aromatic nitrogens is 5. The Morgan fingerprint density at radius 2 is 2.03 bits per heavy atom. The highest BCUT2D eigenvalue weighted by molar-refractivity contribution is 5.97. The maximum absolute atomic E-state index is 13.3. The van der Waals surface area contributed by atoms with Gasteiger partial charge in [-0.05, 0) is 18.6 Å². The topological polar surface area (TPSA) is 124 Å². The second-order valence-corrected chi connectivity index (χ2v) is 7.55. The highest BCUT2D eigenvalue weighted by Gasteiger charge is 2.25. The van der Waals surface area contributed by atoms with E-state index in [0.717, 1.165) is 5.56 Å². The number of nitrogens with one attached hydrogen (secondary N) is 2. The second-order valence-electron chi connectivity index (χ2n) is 7.55. The van der Waals surface area contributed by atoms with Crippen LogP contribution in [-0.4, -0.2) is 37.1 Å². The van der Waals surface area contributed by atoms with Crippen molar-refractivity contribution in [1.29, 1.82) is 0 Å². The molecule has 1 atom stereocenters. The second kappa shape index (κ2) is 9.11. The summed E-state index contributed by atoms with van der Waals surface area (Å²) >= 11 is 0. The summed E-state index contributed by atoms with van der Waals surface area (Å²) in [6.45, 7) is 2.32. The number of benzene rings is 1. The number of imidazole rings is 1. The summed E-state index contributed by atoms with van der Waals surface area (Å²) in [5.74, 6) is 0.759. The van der Waals surface area contributed by atoms with Crippen LogP contribution in [0.2, 0.25) is 0 Å². The normalized spacial score (nSPS) is 12.0. The van der Waals surface area contributed by atoms with Crippen LogP contribution in [0.15, 0.2) is 58.5 Å². The van der Waals surface area contributed by atoms with E-state index >= 15 is 0 Å². The fourth-order valence-corrected chi connectivity index (χ4v) is 3.78. The molecule has 1 amide bonds. The lowest BCUT2D eigenvalue weighted by molar-refractivity contribution is 0.0940. The maximum atomic E-state index is 13.3. The molecule has 10 nitrogen and oxygen atoms in total. The van der Waals surface area contributed by atoms with Crippen molar-refractivity contribution in [3.05, 3.63) is 86.7 Å². The number of carbonyl (C=O) groups excluding carboxylic acids is 1. The summed E-state index contributed by atoms with van der Waals surface area (Å²) in [7, 11) is 3.40. The quantitative estimate of drug-likeness (QED) is 0.444. The monoisotopic (exact) mass is 448 g/mol. The first kappa shape index (κ1) is 22.0. The van der Waals surface area contributed by atoms with Crippen molar-refractivity contribution in [2.24, 2.45) is 7.05 Å². The van der Waals surface area contributed by atoms with Gasteiger partial charge in [0, 0.05) is 37.7 Å². The standard InChI is InChI=1S/C23H24N6O4/c1-4-10-29-19-16(22(31)27-23(29)32)12-14(13-25-19)21(30)26-18(20-24-9-11-28(20)2)15-7-5-6-8-17(15)33-3/h5-9,11-13,18H,4,10H2,1-3H3,(H,26,30)(H,27,31,32). The molecule has 170 valence electrons. The van der Waals surface area contributed by atoms with Gasteiger partial charge in [0.2, 0.25) is 0 Å². The Labute approximate surface area is 188 Å². The first-order valence-electron chi connectivity index (χ1n) is 10.5. The van der Waals surface area contributed by atoms with E-state index in [4.69, 9.17) is 4.74 Å². The van der Waals surface area contributed by atoms with Crippen molar-refractivity contribution in [2.75, 3.05) is 7.11 Å². The number of hydrogen-bond donors (Lipinski definition) is 2. The fraction of sp³-hybridized carbons (Fsp3) is 0.261. The van der Waals surface area contributed by atoms with E-state index in [2.05, 4.69) is 20.3 Å². The van der Waals surface area contributed by atoms with Crippen molar-refractivity contribution < 1.29 is 9.53 Å². The van der Waals surface area contributed by atoms with Crippen molar-refractivity contribution in [1.82, 2.24) is 29.4 Å². The van der Waals surface area contributed by atoms with E-state index in [-0.39, 0.29) is 16.6 Å². The Kier molecular flexibility index (Phi) is 6.07. The Hall–Kier alpha value is -4.21.